The maximum absolute atomic E-state index is 13.3. The van der Waals surface area contributed by atoms with Gasteiger partial charge in [-0.05, 0) is 25.1 Å². The standard InChI is InChI=1S/C15H9F5N2O2/c1-7-12-10(15(18,19)20)6-11(21-13(12)24-22-7)8-3-2-4-9(5-8)23-14(16)17/h2-6,14H,1H3. The summed E-state index contributed by atoms with van der Waals surface area (Å²) in [5, 5.41) is 3.27. The highest BCUT2D eigenvalue weighted by Crippen LogP contribution is 2.38. The Hall–Kier alpha value is -2.71. The summed E-state index contributed by atoms with van der Waals surface area (Å²) in [5.41, 5.74) is -1.09. The van der Waals surface area contributed by atoms with Crippen LogP contribution in [0.5, 0.6) is 5.75 Å². The summed E-state index contributed by atoms with van der Waals surface area (Å²) in [7, 11) is 0. The van der Waals surface area contributed by atoms with Gasteiger partial charge in [0.25, 0.3) is 5.71 Å². The van der Waals surface area contributed by atoms with Crippen molar-refractivity contribution in [3.05, 3.63) is 41.6 Å². The van der Waals surface area contributed by atoms with Crippen molar-refractivity contribution in [1.29, 1.82) is 0 Å². The Kier molecular flexibility index (Phi) is 3.86. The van der Waals surface area contributed by atoms with E-state index >= 15 is 0 Å². The lowest BCUT2D eigenvalue weighted by atomic mass is 10.1. The maximum atomic E-state index is 13.3. The number of benzene rings is 1. The zero-order valence-electron chi connectivity index (χ0n) is 12.1. The molecule has 126 valence electrons. The third-order valence-electron chi connectivity index (χ3n) is 3.28. The van der Waals surface area contributed by atoms with Crippen LogP contribution in [0.2, 0.25) is 0 Å². The van der Waals surface area contributed by atoms with Crippen LogP contribution in [0, 0.1) is 6.92 Å². The lowest BCUT2D eigenvalue weighted by Crippen LogP contribution is -2.07. The summed E-state index contributed by atoms with van der Waals surface area (Å²) in [6.45, 7) is -1.67. The molecule has 0 N–H and O–H groups in total. The van der Waals surface area contributed by atoms with Crippen LogP contribution in [-0.4, -0.2) is 16.8 Å². The van der Waals surface area contributed by atoms with E-state index in [-0.39, 0.29) is 33.8 Å². The van der Waals surface area contributed by atoms with Crippen LogP contribution in [0.25, 0.3) is 22.4 Å². The smallest absolute Gasteiger partial charge is 0.417 e. The van der Waals surface area contributed by atoms with Gasteiger partial charge in [0.1, 0.15) is 5.75 Å². The second kappa shape index (κ2) is 5.73. The van der Waals surface area contributed by atoms with Gasteiger partial charge in [0, 0.05) is 5.56 Å². The molecule has 0 bridgehead atoms. The van der Waals surface area contributed by atoms with Gasteiger partial charge >= 0.3 is 12.8 Å². The molecule has 1 aromatic carbocycles. The van der Waals surface area contributed by atoms with Crippen molar-refractivity contribution in [3.8, 4) is 17.0 Å². The van der Waals surface area contributed by atoms with E-state index in [1.807, 2.05) is 0 Å². The molecule has 0 aliphatic rings. The number of pyridine rings is 1. The lowest BCUT2D eigenvalue weighted by Gasteiger charge is -2.11. The molecule has 2 aromatic heterocycles. The zero-order chi connectivity index (χ0) is 17.5. The molecule has 0 aliphatic heterocycles. The van der Waals surface area contributed by atoms with E-state index in [0.717, 1.165) is 6.07 Å². The molecule has 24 heavy (non-hydrogen) atoms. The predicted octanol–water partition coefficient (Wildman–Crippen LogP) is 4.82. The Balaban J connectivity index is 2.17. The van der Waals surface area contributed by atoms with Gasteiger partial charge in [0.2, 0.25) is 0 Å². The second-order valence-corrected chi connectivity index (χ2v) is 4.91. The SMILES string of the molecule is Cc1noc2nc(-c3cccc(OC(F)F)c3)cc(C(F)(F)F)c12. The number of rotatable bonds is 3. The predicted molar refractivity (Wildman–Crippen MR) is 73.6 cm³/mol. The van der Waals surface area contributed by atoms with Crippen LogP contribution in [0.4, 0.5) is 22.0 Å². The summed E-state index contributed by atoms with van der Waals surface area (Å²) in [5.74, 6) is -0.188. The minimum atomic E-state index is -4.65. The maximum Gasteiger partial charge on any atom is 0.417 e. The number of hydrogen-bond donors (Lipinski definition) is 0. The normalized spacial score (nSPS) is 12.1. The van der Waals surface area contributed by atoms with Gasteiger partial charge in [0.05, 0.1) is 22.3 Å². The summed E-state index contributed by atoms with van der Waals surface area (Å²) in [6.07, 6.45) is -4.65. The average Bonchev–Trinajstić information content (AvgIpc) is 2.86. The Morgan fingerprint density at radius 3 is 2.58 bits per heavy atom. The van der Waals surface area contributed by atoms with E-state index in [9.17, 15) is 22.0 Å². The molecule has 0 aliphatic carbocycles. The van der Waals surface area contributed by atoms with Gasteiger partial charge in [-0.15, -0.1) is 0 Å². The molecule has 2 heterocycles. The monoisotopic (exact) mass is 344 g/mol. The number of fused-ring (bicyclic) bond motifs is 1. The Morgan fingerprint density at radius 2 is 1.92 bits per heavy atom. The molecule has 9 heteroatoms. The zero-order valence-corrected chi connectivity index (χ0v) is 12.1. The number of nitrogens with zero attached hydrogens (tertiary/aromatic N) is 2. The number of halogens is 5. The number of hydrogen-bond acceptors (Lipinski definition) is 4. The molecule has 0 atom stereocenters. The minimum absolute atomic E-state index is 0.0613. The lowest BCUT2D eigenvalue weighted by molar-refractivity contribution is -0.136. The summed E-state index contributed by atoms with van der Waals surface area (Å²) in [4.78, 5) is 3.99. The molecule has 0 fully saturated rings. The van der Waals surface area contributed by atoms with Crippen LogP contribution < -0.4 is 4.74 Å². The highest BCUT2D eigenvalue weighted by Gasteiger charge is 2.35. The van der Waals surface area contributed by atoms with E-state index in [0.29, 0.717) is 0 Å². The Labute approximate surface area is 131 Å². The third-order valence-corrected chi connectivity index (χ3v) is 3.28. The van der Waals surface area contributed by atoms with Crippen molar-refractivity contribution < 1.29 is 31.2 Å². The number of aryl methyl sites for hydroxylation is 1. The Morgan fingerprint density at radius 1 is 1.17 bits per heavy atom. The molecule has 4 nitrogen and oxygen atoms in total. The van der Waals surface area contributed by atoms with E-state index in [1.54, 1.807) is 0 Å². The van der Waals surface area contributed by atoms with Gasteiger partial charge in [0.15, 0.2) is 0 Å². The summed E-state index contributed by atoms with van der Waals surface area (Å²) < 4.78 is 73.5. The number of alkyl halides is 5. The molecular weight excluding hydrogens is 335 g/mol. The van der Waals surface area contributed by atoms with Crippen LogP contribution >= 0.6 is 0 Å². The molecule has 3 aromatic rings. The topological polar surface area (TPSA) is 48.2 Å². The highest BCUT2D eigenvalue weighted by atomic mass is 19.4. The summed E-state index contributed by atoms with van der Waals surface area (Å²) >= 11 is 0. The van der Waals surface area contributed by atoms with Crippen LogP contribution in [0.15, 0.2) is 34.9 Å². The van der Waals surface area contributed by atoms with Crippen molar-refractivity contribution in [2.24, 2.45) is 0 Å². The largest absolute Gasteiger partial charge is 0.435 e. The van der Waals surface area contributed by atoms with Gasteiger partial charge in [-0.25, -0.2) is 4.98 Å². The van der Waals surface area contributed by atoms with Crippen molar-refractivity contribution >= 4 is 11.1 Å². The third kappa shape index (κ3) is 3.01. The van der Waals surface area contributed by atoms with Crippen molar-refractivity contribution in [2.45, 2.75) is 19.7 Å². The van der Waals surface area contributed by atoms with E-state index in [1.165, 1.54) is 31.2 Å². The molecule has 0 amide bonds. The van der Waals surface area contributed by atoms with Gasteiger partial charge in [-0.1, -0.05) is 17.3 Å². The van der Waals surface area contributed by atoms with Crippen LogP contribution in [-0.2, 0) is 6.18 Å². The molecule has 0 saturated heterocycles. The van der Waals surface area contributed by atoms with Crippen molar-refractivity contribution in [2.75, 3.05) is 0 Å². The van der Waals surface area contributed by atoms with E-state index in [4.69, 9.17) is 4.52 Å². The minimum Gasteiger partial charge on any atom is -0.435 e. The molecule has 0 saturated carbocycles. The molecule has 0 unspecified atom stereocenters. The number of ether oxygens (including phenoxy) is 1. The quantitative estimate of drug-likeness (QED) is 0.639. The first-order valence-electron chi connectivity index (χ1n) is 6.65. The van der Waals surface area contributed by atoms with Gasteiger partial charge < -0.3 is 9.26 Å². The average molecular weight is 344 g/mol. The number of aromatic nitrogens is 2. The molecule has 3 rings (SSSR count). The van der Waals surface area contributed by atoms with E-state index < -0.39 is 18.4 Å². The molecule has 0 radical (unpaired) electrons. The van der Waals surface area contributed by atoms with E-state index in [2.05, 4.69) is 14.9 Å². The van der Waals surface area contributed by atoms with Crippen LogP contribution in [0.1, 0.15) is 11.3 Å². The first-order chi connectivity index (χ1) is 11.3. The summed E-state index contributed by atoms with van der Waals surface area (Å²) in [6, 6.07) is 6.06. The van der Waals surface area contributed by atoms with Gasteiger partial charge in [-0.3, -0.25) is 0 Å². The Bertz CT molecular complexity index is 889. The fourth-order valence-corrected chi connectivity index (χ4v) is 2.30. The van der Waals surface area contributed by atoms with Crippen molar-refractivity contribution in [3.63, 3.8) is 0 Å². The molecular formula is C15H9F5N2O2. The van der Waals surface area contributed by atoms with Gasteiger partial charge in [-0.2, -0.15) is 22.0 Å². The van der Waals surface area contributed by atoms with Crippen LogP contribution in [0.3, 0.4) is 0 Å². The fourth-order valence-electron chi connectivity index (χ4n) is 2.30. The van der Waals surface area contributed by atoms with Crippen molar-refractivity contribution in [1.82, 2.24) is 10.1 Å². The fraction of sp³-hybridized carbons (Fsp3) is 0.200. The highest BCUT2D eigenvalue weighted by molar-refractivity contribution is 5.83. The first-order valence-corrected chi connectivity index (χ1v) is 6.65. The molecule has 0 spiro atoms. The first kappa shape index (κ1) is 16.2. The second-order valence-electron chi connectivity index (χ2n) is 4.91.